The van der Waals surface area contributed by atoms with Crippen molar-refractivity contribution >= 4 is 35.8 Å². The molecule has 4 rings (SSSR count). The predicted octanol–water partition coefficient (Wildman–Crippen LogP) is 3.07. The molecule has 9 heteroatoms. The molecule has 1 aromatic carbocycles. The first kappa shape index (κ1) is 24.0. The van der Waals surface area contributed by atoms with Crippen LogP contribution in [0, 0.1) is 5.82 Å². The van der Waals surface area contributed by atoms with E-state index in [0.717, 1.165) is 44.3 Å². The lowest BCUT2D eigenvalue weighted by Crippen LogP contribution is -2.45. The molecule has 3 heterocycles. The van der Waals surface area contributed by atoms with Crippen molar-refractivity contribution < 1.29 is 4.39 Å². The van der Waals surface area contributed by atoms with Crippen molar-refractivity contribution in [2.24, 2.45) is 4.99 Å². The van der Waals surface area contributed by atoms with Crippen LogP contribution in [0.5, 0.6) is 0 Å². The van der Waals surface area contributed by atoms with Crippen LogP contribution in [0.3, 0.4) is 0 Å². The number of benzene rings is 1. The van der Waals surface area contributed by atoms with E-state index in [1.807, 2.05) is 23.4 Å². The van der Waals surface area contributed by atoms with E-state index >= 15 is 0 Å². The van der Waals surface area contributed by atoms with Crippen LogP contribution in [-0.2, 0) is 13.0 Å². The number of aromatic nitrogens is 3. The average molecular weight is 549 g/mol. The maximum atomic E-state index is 14.0. The van der Waals surface area contributed by atoms with E-state index in [4.69, 9.17) is 0 Å². The monoisotopic (exact) mass is 549 g/mol. The topological polar surface area (TPSA) is 70.4 Å². The molecule has 0 saturated carbocycles. The Balaban J connectivity index is 0.00000289. The molecule has 1 fully saturated rings. The number of hydrogen-bond donors (Lipinski definition) is 2. The first-order valence-electron chi connectivity index (χ1n) is 10.6. The van der Waals surface area contributed by atoms with Gasteiger partial charge < -0.3 is 20.1 Å². The summed E-state index contributed by atoms with van der Waals surface area (Å²) in [6.07, 6.45) is 7.17. The molecule has 1 unspecified atom stereocenters. The van der Waals surface area contributed by atoms with Gasteiger partial charge in [0.2, 0.25) is 0 Å². The lowest BCUT2D eigenvalue weighted by molar-refractivity contribution is 0.612. The Morgan fingerprint density at radius 1 is 1.16 bits per heavy atom. The number of aliphatic imine (C=N–C) groups is 1. The fourth-order valence-corrected chi connectivity index (χ4v) is 3.85. The van der Waals surface area contributed by atoms with Crippen LogP contribution in [0.1, 0.15) is 17.8 Å². The Morgan fingerprint density at radius 2 is 2.00 bits per heavy atom. The molecule has 0 radical (unpaired) electrons. The fraction of sp³-hybridized carbons (Fsp3) is 0.348. The zero-order valence-electron chi connectivity index (χ0n) is 18.1. The van der Waals surface area contributed by atoms with Gasteiger partial charge in [-0.1, -0.05) is 30.3 Å². The number of pyridine rings is 1. The Labute approximate surface area is 205 Å². The third-order valence-corrected chi connectivity index (χ3v) is 5.43. The number of hydrogen-bond acceptors (Lipinski definition) is 4. The second kappa shape index (κ2) is 11.8. The summed E-state index contributed by atoms with van der Waals surface area (Å²) in [6, 6.07) is 13.6. The molecule has 0 bridgehead atoms. The van der Waals surface area contributed by atoms with Crippen LogP contribution in [0.2, 0.25) is 0 Å². The molecule has 2 N–H and O–H groups in total. The normalized spacial score (nSPS) is 16.0. The quantitative estimate of drug-likeness (QED) is 0.270. The number of guanidine groups is 1. The van der Waals surface area contributed by atoms with Crippen LogP contribution in [0.4, 0.5) is 10.2 Å². The molecule has 1 aliphatic rings. The van der Waals surface area contributed by atoms with Crippen LogP contribution in [-0.4, -0.2) is 53.2 Å². The van der Waals surface area contributed by atoms with Gasteiger partial charge >= 0.3 is 0 Å². The Morgan fingerprint density at radius 3 is 2.78 bits per heavy atom. The highest BCUT2D eigenvalue weighted by Crippen LogP contribution is 2.20. The van der Waals surface area contributed by atoms with Crippen molar-refractivity contribution in [2.75, 3.05) is 31.6 Å². The van der Waals surface area contributed by atoms with Crippen molar-refractivity contribution in [1.82, 2.24) is 25.2 Å². The molecule has 7 nitrogen and oxygen atoms in total. The molecular weight excluding hydrogens is 520 g/mol. The molecule has 3 aromatic rings. The van der Waals surface area contributed by atoms with Crippen LogP contribution in [0.15, 0.2) is 66.0 Å². The molecule has 0 spiro atoms. The van der Waals surface area contributed by atoms with Crippen molar-refractivity contribution in [2.45, 2.75) is 25.4 Å². The van der Waals surface area contributed by atoms with Crippen LogP contribution < -0.4 is 15.5 Å². The zero-order chi connectivity index (χ0) is 21.5. The summed E-state index contributed by atoms with van der Waals surface area (Å²) in [5, 5.41) is 6.81. The van der Waals surface area contributed by atoms with Gasteiger partial charge in [0.05, 0.1) is 0 Å². The smallest absolute Gasteiger partial charge is 0.191 e. The van der Waals surface area contributed by atoms with Crippen molar-refractivity contribution in [3.05, 3.63) is 78.3 Å². The maximum Gasteiger partial charge on any atom is 0.191 e. The third-order valence-electron chi connectivity index (χ3n) is 5.43. The highest BCUT2D eigenvalue weighted by Gasteiger charge is 2.25. The van der Waals surface area contributed by atoms with E-state index in [9.17, 15) is 4.39 Å². The number of nitrogens with one attached hydrogen (secondary N) is 2. The molecule has 32 heavy (non-hydrogen) atoms. The van der Waals surface area contributed by atoms with E-state index in [0.29, 0.717) is 12.4 Å². The first-order valence-corrected chi connectivity index (χ1v) is 10.6. The van der Waals surface area contributed by atoms with Gasteiger partial charge in [-0.15, -0.1) is 24.0 Å². The second-order valence-electron chi connectivity index (χ2n) is 7.59. The Bertz CT molecular complexity index is 1010. The molecule has 170 valence electrons. The summed E-state index contributed by atoms with van der Waals surface area (Å²) < 4.78 is 16.2. The Kier molecular flexibility index (Phi) is 8.83. The molecule has 0 amide bonds. The second-order valence-corrected chi connectivity index (χ2v) is 7.59. The van der Waals surface area contributed by atoms with Gasteiger partial charge in [-0.3, -0.25) is 4.99 Å². The van der Waals surface area contributed by atoms with Gasteiger partial charge in [0.25, 0.3) is 0 Å². The fourth-order valence-electron chi connectivity index (χ4n) is 3.85. The molecule has 0 aliphatic carbocycles. The number of anilines is 1. The largest absolute Gasteiger partial charge is 0.356 e. The SMILES string of the molecule is CN=C(NCCc1nccn1Cc1ccccc1)NC1CCN(c2ncccc2F)C1.I. The molecular formula is C23H29FIN7. The van der Waals surface area contributed by atoms with E-state index in [1.54, 1.807) is 19.3 Å². The van der Waals surface area contributed by atoms with E-state index < -0.39 is 0 Å². The summed E-state index contributed by atoms with van der Waals surface area (Å²) in [5.41, 5.74) is 1.25. The minimum absolute atomic E-state index is 0. The minimum atomic E-state index is -0.281. The predicted molar refractivity (Wildman–Crippen MR) is 136 cm³/mol. The summed E-state index contributed by atoms with van der Waals surface area (Å²) in [7, 11) is 1.76. The van der Waals surface area contributed by atoms with E-state index in [2.05, 4.69) is 54.4 Å². The highest BCUT2D eigenvalue weighted by molar-refractivity contribution is 14.0. The van der Waals surface area contributed by atoms with Crippen molar-refractivity contribution in [3.63, 3.8) is 0 Å². The lowest BCUT2D eigenvalue weighted by Gasteiger charge is -2.20. The summed E-state index contributed by atoms with van der Waals surface area (Å²) in [4.78, 5) is 15.0. The van der Waals surface area contributed by atoms with Gasteiger partial charge in [-0.25, -0.2) is 14.4 Å². The van der Waals surface area contributed by atoms with Crippen molar-refractivity contribution in [1.29, 1.82) is 0 Å². The molecule has 1 aliphatic heterocycles. The van der Waals surface area contributed by atoms with Crippen LogP contribution >= 0.6 is 24.0 Å². The lowest BCUT2D eigenvalue weighted by atomic mass is 10.2. The summed E-state index contributed by atoms with van der Waals surface area (Å²) in [5.74, 6) is 1.91. The molecule has 1 saturated heterocycles. The van der Waals surface area contributed by atoms with E-state index in [1.165, 1.54) is 11.6 Å². The first-order chi connectivity index (χ1) is 15.2. The average Bonchev–Trinajstić information content (AvgIpc) is 3.44. The maximum absolute atomic E-state index is 14.0. The summed E-state index contributed by atoms with van der Waals surface area (Å²) in [6.45, 7) is 2.98. The van der Waals surface area contributed by atoms with Gasteiger partial charge in [0.15, 0.2) is 17.6 Å². The van der Waals surface area contributed by atoms with Gasteiger partial charge in [-0.2, -0.15) is 0 Å². The molecule has 1 atom stereocenters. The minimum Gasteiger partial charge on any atom is -0.356 e. The standard InChI is InChI=1S/C23H28FN7.HI/c1-25-23(29-19-10-14-31(17-19)22-20(24)8-5-11-27-22)28-12-9-21-26-13-15-30(21)16-18-6-3-2-4-7-18;/h2-8,11,13,15,19H,9-10,12,14,16-17H2,1H3,(H2,25,28,29);1H. The number of rotatable bonds is 7. The zero-order valence-corrected chi connectivity index (χ0v) is 20.4. The van der Waals surface area contributed by atoms with Gasteiger partial charge in [0.1, 0.15) is 5.82 Å². The number of imidazole rings is 1. The van der Waals surface area contributed by atoms with Gasteiger partial charge in [-0.05, 0) is 24.1 Å². The van der Waals surface area contributed by atoms with Crippen molar-refractivity contribution in [3.8, 4) is 0 Å². The third kappa shape index (κ3) is 6.18. The van der Waals surface area contributed by atoms with Gasteiger partial charge in [0, 0.05) is 64.3 Å². The van der Waals surface area contributed by atoms with Crippen LogP contribution in [0.25, 0.3) is 0 Å². The van der Waals surface area contributed by atoms with E-state index in [-0.39, 0.29) is 35.8 Å². The summed E-state index contributed by atoms with van der Waals surface area (Å²) >= 11 is 0. The highest BCUT2D eigenvalue weighted by atomic mass is 127. The molecule has 2 aromatic heterocycles. The number of halogens is 2. The number of nitrogens with zero attached hydrogens (tertiary/aromatic N) is 5. The Hall–Kier alpha value is -2.69.